The maximum atomic E-state index is 10.7. The fraction of sp³-hybridized carbons (Fsp3) is 0.625. The van der Waals surface area contributed by atoms with Crippen LogP contribution in [0.5, 0.6) is 5.75 Å². The summed E-state index contributed by atoms with van der Waals surface area (Å²) in [5, 5.41) is 10.7. The molecule has 0 aliphatic heterocycles. The van der Waals surface area contributed by atoms with Gasteiger partial charge in [0.2, 0.25) is 0 Å². The molecular formula is C16H23BrO2. The average Bonchev–Trinajstić information content (AvgIpc) is 2.69. The maximum absolute atomic E-state index is 10.7. The quantitative estimate of drug-likeness (QED) is 0.868. The van der Waals surface area contributed by atoms with Crippen molar-refractivity contribution in [3.63, 3.8) is 0 Å². The fourth-order valence-electron chi connectivity index (χ4n) is 3.16. The second kappa shape index (κ2) is 5.84. The first-order valence-electron chi connectivity index (χ1n) is 7.06. The summed E-state index contributed by atoms with van der Waals surface area (Å²) in [6.07, 6.45) is 3.11. The molecule has 0 bridgehead atoms. The van der Waals surface area contributed by atoms with E-state index < -0.39 is 6.10 Å². The highest BCUT2D eigenvalue weighted by molar-refractivity contribution is 9.10. The molecule has 0 aromatic heterocycles. The Kier molecular flexibility index (Phi) is 4.57. The normalized spacial score (nSPS) is 23.3. The molecule has 0 amide bonds. The van der Waals surface area contributed by atoms with Crippen LogP contribution in [0.25, 0.3) is 0 Å². The Morgan fingerprint density at radius 1 is 1.47 bits per heavy atom. The van der Waals surface area contributed by atoms with Crippen LogP contribution < -0.4 is 4.74 Å². The zero-order valence-electron chi connectivity index (χ0n) is 11.9. The number of ether oxygens (including phenoxy) is 1. The third-order valence-corrected chi connectivity index (χ3v) is 5.01. The van der Waals surface area contributed by atoms with Gasteiger partial charge in [0.05, 0.1) is 12.7 Å². The lowest BCUT2D eigenvalue weighted by molar-refractivity contribution is 0.0526. The second-order valence-electron chi connectivity index (χ2n) is 6.05. The molecule has 19 heavy (non-hydrogen) atoms. The summed E-state index contributed by atoms with van der Waals surface area (Å²) in [7, 11) is 0. The SMILES string of the molecule is CCOc1ccc(C(O)C2CCCC2(C)C)c(Br)c1. The largest absolute Gasteiger partial charge is 0.494 e. The predicted octanol–water partition coefficient (Wildman–Crippen LogP) is 4.71. The van der Waals surface area contributed by atoms with Crippen LogP contribution in [0.4, 0.5) is 0 Å². The van der Waals surface area contributed by atoms with Crippen molar-refractivity contribution in [3.05, 3.63) is 28.2 Å². The Hall–Kier alpha value is -0.540. The lowest BCUT2D eigenvalue weighted by Crippen LogP contribution is -2.24. The first-order valence-corrected chi connectivity index (χ1v) is 7.85. The van der Waals surface area contributed by atoms with Gasteiger partial charge in [0, 0.05) is 4.47 Å². The molecule has 0 heterocycles. The molecule has 1 aliphatic carbocycles. The molecule has 1 fully saturated rings. The van der Waals surface area contributed by atoms with E-state index in [2.05, 4.69) is 29.8 Å². The molecule has 0 saturated heterocycles. The number of rotatable bonds is 4. The molecule has 3 heteroatoms. The van der Waals surface area contributed by atoms with Gasteiger partial charge < -0.3 is 9.84 Å². The number of hydrogen-bond acceptors (Lipinski definition) is 2. The number of aliphatic hydroxyl groups is 1. The predicted molar refractivity (Wildman–Crippen MR) is 81.4 cm³/mol. The van der Waals surface area contributed by atoms with Gasteiger partial charge >= 0.3 is 0 Å². The van der Waals surface area contributed by atoms with Crippen molar-refractivity contribution in [2.24, 2.45) is 11.3 Å². The highest BCUT2D eigenvalue weighted by atomic mass is 79.9. The van der Waals surface area contributed by atoms with Gasteiger partial charge in [-0.1, -0.05) is 42.3 Å². The second-order valence-corrected chi connectivity index (χ2v) is 6.90. The van der Waals surface area contributed by atoms with Crippen LogP contribution in [0.2, 0.25) is 0 Å². The molecule has 0 radical (unpaired) electrons. The van der Waals surface area contributed by atoms with Crippen LogP contribution >= 0.6 is 15.9 Å². The molecule has 1 aliphatic rings. The Labute approximate surface area is 124 Å². The van der Waals surface area contributed by atoms with Gasteiger partial charge in [-0.05, 0) is 48.8 Å². The fourth-order valence-corrected chi connectivity index (χ4v) is 3.75. The summed E-state index contributed by atoms with van der Waals surface area (Å²) in [6.45, 7) is 7.15. The Morgan fingerprint density at radius 3 is 2.74 bits per heavy atom. The Bertz CT molecular complexity index is 442. The summed E-state index contributed by atoms with van der Waals surface area (Å²) in [5.74, 6) is 1.18. The van der Waals surface area contributed by atoms with Crippen LogP contribution in [0, 0.1) is 11.3 Å². The highest BCUT2D eigenvalue weighted by Crippen LogP contribution is 2.49. The summed E-state index contributed by atoms with van der Waals surface area (Å²) in [5.41, 5.74) is 1.20. The van der Waals surface area contributed by atoms with Crippen LogP contribution in [0.1, 0.15) is 51.7 Å². The topological polar surface area (TPSA) is 29.5 Å². The van der Waals surface area contributed by atoms with E-state index in [0.717, 1.165) is 22.2 Å². The molecule has 2 unspecified atom stereocenters. The van der Waals surface area contributed by atoms with Crippen molar-refractivity contribution in [2.45, 2.75) is 46.1 Å². The minimum Gasteiger partial charge on any atom is -0.494 e. The van der Waals surface area contributed by atoms with E-state index in [1.165, 1.54) is 12.8 Å². The van der Waals surface area contributed by atoms with Crippen molar-refractivity contribution in [2.75, 3.05) is 6.61 Å². The Morgan fingerprint density at radius 2 is 2.21 bits per heavy atom. The van der Waals surface area contributed by atoms with Crippen molar-refractivity contribution < 1.29 is 9.84 Å². The third kappa shape index (κ3) is 3.14. The smallest absolute Gasteiger partial charge is 0.120 e. The molecule has 2 nitrogen and oxygen atoms in total. The van der Waals surface area contributed by atoms with E-state index in [0.29, 0.717) is 12.5 Å². The number of halogens is 1. The number of hydrogen-bond donors (Lipinski definition) is 1. The van der Waals surface area contributed by atoms with E-state index in [4.69, 9.17) is 4.74 Å². The molecule has 1 N–H and O–H groups in total. The summed E-state index contributed by atoms with van der Waals surface area (Å²) < 4.78 is 6.41. The number of aliphatic hydroxyl groups excluding tert-OH is 1. The lowest BCUT2D eigenvalue weighted by Gasteiger charge is -2.31. The summed E-state index contributed by atoms with van der Waals surface area (Å²) >= 11 is 3.56. The molecular weight excluding hydrogens is 304 g/mol. The molecule has 1 aromatic rings. The van der Waals surface area contributed by atoms with Crippen LogP contribution in [-0.4, -0.2) is 11.7 Å². The van der Waals surface area contributed by atoms with Crippen molar-refractivity contribution in [3.8, 4) is 5.75 Å². The molecule has 1 aromatic carbocycles. The van der Waals surface area contributed by atoms with Gasteiger partial charge in [-0.3, -0.25) is 0 Å². The standard InChI is InChI=1S/C16H23BrO2/c1-4-19-11-7-8-12(14(17)10-11)15(18)13-6-5-9-16(13,2)3/h7-8,10,13,15,18H,4-6,9H2,1-3H3. The van der Waals surface area contributed by atoms with Crippen molar-refractivity contribution in [1.29, 1.82) is 0 Å². The van der Waals surface area contributed by atoms with E-state index >= 15 is 0 Å². The van der Waals surface area contributed by atoms with Gasteiger partial charge in [0.1, 0.15) is 5.75 Å². The maximum Gasteiger partial charge on any atom is 0.120 e. The molecule has 106 valence electrons. The monoisotopic (exact) mass is 326 g/mol. The first kappa shape index (κ1) is 14.9. The summed E-state index contributed by atoms with van der Waals surface area (Å²) in [6, 6.07) is 5.87. The van der Waals surface area contributed by atoms with Crippen molar-refractivity contribution >= 4 is 15.9 Å². The van der Waals surface area contributed by atoms with Gasteiger partial charge in [0.25, 0.3) is 0 Å². The first-order chi connectivity index (χ1) is 8.95. The van der Waals surface area contributed by atoms with Gasteiger partial charge in [-0.25, -0.2) is 0 Å². The van der Waals surface area contributed by atoms with Crippen LogP contribution in [0.3, 0.4) is 0 Å². The van der Waals surface area contributed by atoms with Gasteiger partial charge in [-0.15, -0.1) is 0 Å². The Balaban J connectivity index is 2.22. The van der Waals surface area contributed by atoms with Crippen LogP contribution in [-0.2, 0) is 0 Å². The van der Waals surface area contributed by atoms with E-state index in [-0.39, 0.29) is 5.41 Å². The van der Waals surface area contributed by atoms with E-state index in [1.54, 1.807) is 0 Å². The highest BCUT2D eigenvalue weighted by Gasteiger charge is 2.39. The minimum absolute atomic E-state index is 0.220. The zero-order valence-corrected chi connectivity index (χ0v) is 13.5. The molecule has 0 spiro atoms. The average molecular weight is 327 g/mol. The molecule has 1 saturated carbocycles. The zero-order chi connectivity index (χ0) is 14.0. The summed E-state index contributed by atoms with van der Waals surface area (Å²) in [4.78, 5) is 0. The lowest BCUT2D eigenvalue weighted by atomic mass is 9.77. The minimum atomic E-state index is -0.400. The molecule has 2 rings (SSSR count). The number of benzene rings is 1. The van der Waals surface area contributed by atoms with E-state index in [9.17, 15) is 5.11 Å². The van der Waals surface area contributed by atoms with Crippen LogP contribution in [0.15, 0.2) is 22.7 Å². The van der Waals surface area contributed by atoms with Gasteiger partial charge in [-0.2, -0.15) is 0 Å². The van der Waals surface area contributed by atoms with E-state index in [1.807, 2.05) is 25.1 Å². The molecule has 2 atom stereocenters. The third-order valence-electron chi connectivity index (χ3n) is 4.32. The van der Waals surface area contributed by atoms with Gasteiger partial charge in [0.15, 0.2) is 0 Å². The van der Waals surface area contributed by atoms with Crippen molar-refractivity contribution in [1.82, 2.24) is 0 Å².